The van der Waals surface area contributed by atoms with Gasteiger partial charge in [0.1, 0.15) is 11.6 Å². The Morgan fingerprint density at radius 2 is 1.83 bits per heavy atom. The van der Waals surface area contributed by atoms with Crippen molar-refractivity contribution in [3.05, 3.63) is 58.7 Å². The highest BCUT2D eigenvalue weighted by molar-refractivity contribution is 5.92. The number of benzene rings is 1. The number of nitriles is 1. The van der Waals surface area contributed by atoms with Crippen LogP contribution >= 0.6 is 0 Å². The summed E-state index contributed by atoms with van der Waals surface area (Å²) in [6.45, 7) is 3.51. The summed E-state index contributed by atoms with van der Waals surface area (Å²) in [5, 5.41) is 9.38. The van der Waals surface area contributed by atoms with Gasteiger partial charge in [-0.15, -0.1) is 0 Å². The van der Waals surface area contributed by atoms with Gasteiger partial charge in [-0.2, -0.15) is 5.26 Å². The monoisotopic (exact) mass is 327 g/mol. The summed E-state index contributed by atoms with van der Waals surface area (Å²) in [4.78, 5) is 21.0. The molecular formula is C18H15F2N3O. The van der Waals surface area contributed by atoms with Gasteiger partial charge in [0.25, 0.3) is 0 Å². The van der Waals surface area contributed by atoms with E-state index in [1.54, 1.807) is 19.9 Å². The van der Waals surface area contributed by atoms with E-state index in [0.717, 1.165) is 0 Å². The smallest absolute Gasteiger partial charge is 0.164 e. The van der Waals surface area contributed by atoms with Crippen molar-refractivity contribution in [3.63, 3.8) is 0 Å². The molecule has 3 atom stereocenters. The minimum atomic E-state index is -1.12. The van der Waals surface area contributed by atoms with Gasteiger partial charge in [-0.3, -0.25) is 4.79 Å². The highest BCUT2D eigenvalue weighted by Gasteiger charge is 2.49. The van der Waals surface area contributed by atoms with E-state index < -0.39 is 29.4 Å². The number of aryl methyl sites for hydroxylation is 2. The molecule has 1 fully saturated rings. The standard InChI is InChI=1S/C18H15F2N3O/c1-9-6-10(2)23-18(22-9)13(8-21)17(24)12-7-11(12)16-14(19)4-3-5-15(16)20/h3-6,11-13H,7H2,1-2H3/t11-,12-,13-/m1/s1. The number of carbonyl (C=O) groups is 1. The summed E-state index contributed by atoms with van der Waals surface area (Å²) in [7, 11) is 0. The second-order valence-corrected chi connectivity index (χ2v) is 6.06. The summed E-state index contributed by atoms with van der Waals surface area (Å²) in [6.07, 6.45) is 0.333. The second kappa shape index (κ2) is 6.08. The fourth-order valence-corrected chi connectivity index (χ4v) is 3.04. The molecule has 6 heteroatoms. The summed E-state index contributed by atoms with van der Waals surface area (Å²) < 4.78 is 27.7. The number of Topliss-reactive ketones (excluding diaryl/α,β-unsaturated/α-hetero) is 1. The maximum absolute atomic E-state index is 13.8. The molecule has 0 bridgehead atoms. The molecule has 2 aromatic rings. The van der Waals surface area contributed by atoms with Crippen molar-refractivity contribution in [2.75, 3.05) is 0 Å². The van der Waals surface area contributed by atoms with Crippen LogP contribution in [0.4, 0.5) is 8.78 Å². The highest BCUT2D eigenvalue weighted by atomic mass is 19.1. The van der Waals surface area contributed by atoms with Gasteiger partial charge in [0, 0.05) is 28.8 Å². The van der Waals surface area contributed by atoms with Crippen LogP contribution in [0.25, 0.3) is 0 Å². The molecule has 4 nitrogen and oxygen atoms in total. The molecular weight excluding hydrogens is 312 g/mol. The van der Waals surface area contributed by atoms with E-state index in [9.17, 15) is 18.8 Å². The molecule has 1 saturated carbocycles. The number of nitrogens with zero attached hydrogens (tertiary/aromatic N) is 3. The van der Waals surface area contributed by atoms with Gasteiger partial charge in [0.15, 0.2) is 17.5 Å². The summed E-state index contributed by atoms with van der Waals surface area (Å²) in [5.74, 6) is -3.77. The Kier molecular flexibility index (Phi) is 4.10. The van der Waals surface area contributed by atoms with Gasteiger partial charge >= 0.3 is 0 Å². The number of hydrogen-bond donors (Lipinski definition) is 0. The molecule has 0 amide bonds. The molecule has 1 aliphatic carbocycles. The first-order valence-corrected chi connectivity index (χ1v) is 7.61. The van der Waals surface area contributed by atoms with Crippen molar-refractivity contribution in [3.8, 4) is 6.07 Å². The minimum absolute atomic E-state index is 0.0751. The van der Waals surface area contributed by atoms with Crippen molar-refractivity contribution >= 4 is 5.78 Å². The van der Waals surface area contributed by atoms with E-state index in [1.807, 2.05) is 6.07 Å². The van der Waals surface area contributed by atoms with Crippen molar-refractivity contribution in [1.82, 2.24) is 9.97 Å². The quantitative estimate of drug-likeness (QED) is 0.863. The van der Waals surface area contributed by atoms with Crippen LogP contribution in [0.2, 0.25) is 0 Å². The summed E-state index contributed by atoms with van der Waals surface area (Å²) in [6, 6.07) is 7.31. The van der Waals surface area contributed by atoms with E-state index in [1.165, 1.54) is 18.2 Å². The third kappa shape index (κ3) is 2.90. The Hall–Kier alpha value is -2.68. The van der Waals surface area contributed by atoms with Crippen LogP contribution in [0.15, 0.2) is 24.3 Å². The number of carbonyl (C=O) groups excluding carboxylic acids is 1. The Morgan fingerprint density at radius 3 is 2.38 bits per heavy atom. The molecule has 3 rings (SSSR count). The molecule has 122 valence electrons. The van der Waals surface area contributed by atoms with Gasteiger partial charge in [0.05, 0.1) is 6.07 Å². The van der Waals surface area contributed by atoms with E-state index in [2.05, 4.69) is 9.97 Å². The Morgan fingerprint density at radius 1 is 1.25 bits per heavy atom. The predicted molar refractivity (Wildman–Crippen MR) is 82.1 cm³/mol. The highest BCUT2D eigenvalue weighted by Crippen LogP contribution is 2.51. The van der Waals surface area contributed by atoms with E-state index in [-0.39, 0.29) is 17.2 Å². The lowest BCUT2D eigenvalue weighted by Gasteiger charge is -2.09. The first-order valence-electron chi connectivity index (χ1n) is 7.61. The molecule has 1 aliphatic rings. The van der Waals surface area contributed by atoms with Crippen LogP contribution in [0.1, 0.15) is 41.0 Å². The van der Waals surface area contributed by atoms with E-state index >= 15 is 0 Å². The zero-order chi connectivity index (χ0) is 17.4. The van der Waals surface area contributed by atoms with Crippen LogP contribution in [-0.2, 0) is 4.79 Å². The third-order valence-corrected chi connectivity index (χ3v) is 4.20. The fraction of sp³-hybridized carbons (Fsp3) is 0.333. The van der Waals surface area contributed by atoms with Crippen LogP contribution in [-0.4, -0.2) is 15.8 Å². The maximum Gasteiger partial charge on any atom is 0.164 e. The lowest BCUT2D eigenvalue weighted by Crippen LogP contribution is -2.17. The third-order valence-electron chi connectivity index (χ3n) is 4.20. The summed E-state index contributed by atoms with van der Waals surface area (Å²) in [5.41, 5.74) is 1.25. The zero-order valence-corrected chi connectivity index (χ0v) is 13.3. The van der Waals surface area contributed by atoms with Crippen LogP contribution in [0.5, 0.6) is 0 Å². The van der Waals surface area contributed by atoms with Crippen molar-refractivity contribution in [1.29, 1.82) is 5.26 Å². The van der Waals surface area contributed by atoms with Gasteiger partial charge in [-0.05, 0) is 38.5 Å². The Bertz CT molecular complexity index is 819. The van der Waals surface area contributed by atoms with Crippen molar-refractivity contribution in [2.45, 2.75) is 32.1 Å². The number of rotatable bonds is 4. The molecule has 24 heavy (non-hydrogen) atoms. The van der Waals surface area contributed by atoms with Crippen LogP contribution < -0.4 is 0 Å². The van der Waals surface area contributed by atoms with Crippen LogP contribution in [0, 0.1) is 42.7 Å². The normalized spacial score (nSPS) is 20.3. The van der Waals surface area contributed by atoms with E-state index in [0.29, 0.717) is 17.8 Å². The fourth-order valence-electron chi connectivity index (χ4n) is 3.04. The molecule has 1 heterocycles. The number of halogens is 2. The van der Waals surface area contributed by atoms with Crippen LogP contribution in [0.3, 0.4) is 0 Å². The Balaban J connectivity index is 1.86. The first-order chi connectivity index (χ1) is 11.4. The molecule has 0 spiro atoms. The second-order valence-electron chi connectivity index (χ2n) is 6.06. The average Bonchev–Trinajstić information content (AvgIpc) is 3.27. The van der Waals surface area contributed by atoms with Gasteiger partial charge in [-0.25, -0.2) is 18.7 Å². The molecule has 0 radical (unpaired) electrons. The van der Waals surface area contributed by atoms with Gasteiger partial charge in [0.2, 0.25) is 0 Å². The lowest BCUT2D eigenvalue weighted by atomic mass is 9.97. The van der Waals surface area contributed by atoms with E-state index in [4.69, 9.17) is 0 Å². The lowest BCUT2D eigenvalue weighted by molar-refractivity contribution is -0.120. The summed E-state index contributed by atoms with van der Waals surface area (Å²) >= 11 is 0. The van der Waals surface area contributed by atoms with Crippen molar-refractivity contribution in [2.24, 2.45) is 5.92 Å². The maximum atomic E-state index is 13.8. The number of hydrogen-bond acceptors (Lipinski definition) is 4. The average molecular weight is 327 g/mol. The minimum Gasteiger partial charge on any atom is -0.297 e. The van der Waals surface area contributed by atoms with Gasteiger partial charge in [-0.1, -0.05) is 6.07 Å². The first kappa shape index (κ1) is 16.2. The zero-order valence-electron chi connectivity index (χ0n) is 13.3. The predicted octanol–water partition coefficient (Wildman–Crippen LogP) is 3.35. The molecule has 0 N–H and O–H groups in total. The molecule has 0 saturated heterocycles. The molecule has 0 unspecified atom stereocenters. The van der Waals surface area contributed by atoms with Gasteiger partial charge < -0.3 is 0 Å². The number of aromatic nitrogens is 2. The topological polar surface area (TPSA) is 66.6 Å². The Labute approximate surface area is 138 Å². The SMILES string of the molecule is Cc1cc(C)nc([C@H](C#N)C(=O)[C@@H]2C[C@H]2c2c(F)cccc2F)n1. The largest absolute Gasteiger partial charge is 0.297 e. The van der Waals surface area contributed by atoms with Crippen molar-refractivity contribution < 1.29 is 13.6 Å². The number of ketones is 1. The molecule has 1 aromatic heterocycles. The molecule has 0 aliphatic heterocycles. The molecule has 1 aromatic carbocycles.